The lowest BCUT2D eigenvalue weighted by molar-refractivity contribution is 0.632. The number of fused-ring (bicyclic) bond motifs is 1. The molecule has 3 nitrogen and oxygen atoms in total. The first-order valence-corrected chi connectivity index (χ1v) is 6.28. The fourth-order valence-electron chi connectivity index (χ4n) is 1.69. The fraction of sp³-hybridized carbons (Fsp3) is 0. The Bertz CT molecular complexity index is 796. The molecule has 0 atom stereocenters. The van der Waals surface area contributed by atoms with Gasteiger partial charge in [-0.05, 0) is 12.1 Å². The Labute approximate surface area is 110 Å². The summed E-state index contributed by atoms with van der Waals surface area (Å²) in [4.78, 5) is 18.7. The Hall–Kier alpha value is -1.72. The first kappa shape index (κ1) is 11.4. The van der Waals surface area contributed by atoms with Gasteiger partial charge in [0, 0.05) is 10.4 Å². The minimum absolute atomic E-state index is 0.0619. The van der Waals surface area contributed by atoms with Crippen LogP contribution in [0, 0.1) is 5.82 Å². The molecule has 3 aromatic rings. The van der Waals surface area contributed by atoms with E-state index in [1.165, 1.54) is 23.7 Å². The zero-order chi connectivity index (χ0) is 12.7. The molecule has 0 bridgehead atoms. The van der Waals surface area contributed by atoms with E-state index in [1.54, 1.807) is 18.2 Å². The number of rotatable bonds is 1. The predicted molar refractivity (Wildman–Crippen MR) is 70.6 cm³/mol. The summed E-state index contributed by atoms with van der Waals surface area (Å²) < 4.78 is 14.4. The van der Waals surface area contributed by atoms with Crippen molar-refractivity contribution in [1.82, 2.24) is 9.97 Å². The van der Waals surface area contributed by atoms with E-state index in [0.717, 1.165) is 0 Å². The monoisotopic (exact) mass is 280 g/mol. The summed E-state index contributed by atoms with van der Waals surface area (Å²) in [6.45, 7) is 0. The Kier molecular flexibility index (Phi) is 2.65. The molecule has 90 valence electrons. The van der Waals surface area contributed by atoms with Crippen LogP contribution in [0.2, 0.25) is 5.02 Å². The largest absolute Gasteiger partial charge is 0.312 e. The lowest BCUT2D eigenvalue weighted by Gasteiger charge is -2.00. The average molecular weight is 281 g/mol. The Morgan fingerprint density at radius 3 is 3.00 bits per heavy atom. The summed E-state index contributed by atoms with van der Waals surface area (Å²) in [7, 11) is 0. The van der Waals surface area contributed by atoms with Crippen LogP contribution < -0.4 is 5.56 Å². The molecule has 1 N–H and O–H groups in total. The van der Waals surface area contributed by atoms with E-state index in [-0.39, 0.29) is 10.6 Å². The van der Waals surface area contributed by atoms with E-state index in [4.69, 9.17) is 11.6 Å². The van der Waals surface area contributed by atoms with Crippen LogP contribution in [0.1, 0.15) is 0 Å². The van der Waals surface area contributed by atoms with Crippen molar-refractivity contribution in [3.05, 3.63) is 51.8 Å². The fourth-order valence-corrected chi connectivity index (χ4v) is 2.89. The normalized spacial score (nSPS) is 11.0. The third-order valence-corrected chi connectivity index (χ3v) is 3.98. The topological polar surface area (TPSA) is 45.8 Å². The molecule has 0 aliphatic rings. The molecule has 6 heteroatoms. The molecule has 2 heterocycles. The van der Waals surface area contributed by atoms with E-state index in [9.17, 15) is 9.18 Å². The zero-order valence-corrected chi connectivity index (χ0v) is 10.5. The summed E-state index contributed by atoms with van der Waals surface area (Å²) in [6, 6.07) is 6.46. The van der Waals surface area contributed by atoms with Gasteiger partial charge < -0.3 is 4.98 Å². The predicted octanol–water partition coefficient (Wildman–Crippen LogP) is 3.44. The van der Waals surface area contributed by atoms with Gasteiger partial charge in [-0.2, -0.15) is 0 Å². The standard InChI is InChI=1S/C12H6ClFN2OS/c13-7-3-1-2-6(10(7)14)9-4-8-11(18-9)12(17)16-5-15-8/h1-5H,(H,15,16,17). The second-order valence-electron chi connectivity index (χ2n) is 3.66. The molecule has 2 aromatic heterocycles. The first-order chi connectivity index (χ1) is 8.66. The van der Waals surface area contributed by atoms with Crippen molar-refractivity contribution in [1.29, 1.82) is 0 Å². The minimum Gasteiger partial charge on any atom is -0.312 e. The van der Waals surface area contributed by atoms with Crippen molar-refractivity contribution in [2.75, 3.05) is 0 Å². The van der Waals surface area contributed by atoms with Crippen LogP contribution in [0.4, 0.5) is 4.39 Å². The summed E-state index contributed by atoms with van der Waals surface area (Å²) in [6.07, 6.45) is 1.33. The summed E-state index contributed by atoms with van der Waals surface area (Å²) in [5.74, 6) is -0.484. The SMILES string of the molecule is O=c1[nH]cnc2cc(-c3cccc(Cl)c3F)sc12. The number of nitrogens with zero attached hydrogens (tertiary/aromatic N) is 1. The van der Waals surface area contributed by atoms with Gasteiger partial charge in [0.2, 0.25) is 0 Å². The van der Waals surface area contributed by atoms with Crippen LogP contribution in [0.15, 0.2) is 35.4 Å². The van der Waals surface area contributed by atoms with Crippen LogP contribution in [0.25, 0.3) is 20.7 Å². The molecule has 0 aliphatic heterocycles. The number of thiophene rings is 1. The molecule has 0 saturated carbocycles. The van der Waals surface area contributed by atoms with Crippen molar-refractivity contribution >= 4 is 33.2 Å². The third-order valence-electron chi connectivity index (χ3n) is 2.54. The highest BCUT2D eigenvalue weighted by Gasteiger charge is 2.13. The van der Waals surface area contributed by atoms with Crippen LogP contribution in [0.5, 0.6) is 0 Å². The van der Waals surface area contributed by atoms with Gasteiger partial charge in [0.05, 0.1) is 16.9 Å². The van der Waals surface area contributed by atoms with Crippen molar-refractivity contribution in [2.45, 2.75) is 0 Å². The number of H-pyrrole nitrogens is 1. The smallest absolute Gasteiger partial charge is 0.268 e. The van der Waals surface area contributed by atoms with Crippen LogP contribution in [-0.2, 0) is 0 Å². The van der Waals surface area contributed by atoms with Gasteiger partial charge in [0.25, 0.3) is 5.56 Å². The van der Waals surface area contributed by atoms with Crippen molar-refractivity contribution in [3.63, 3.8) is 0 Å². The number of aromatic nitrogens is 2. The average Bonchev–Trinajstić information content (AvgIpc) is 2.78. The van der Waals surface area contributed by atoms with E-state index < -0.39 is 5.82 Å². The Morgan fingerprint density at radius 1 is 1.39 bits per heavy atom. The van der Waals surface area contributed by atoms with E-state index in [0.29, 0.717) is 20.7 Å². The molecule has 0 fully saturated rings. The number of hydrogen-bond donors (Lipinski definition) is 1. The highest BCUT2D eigenvalue weighted by molar-refractivity contribution is 7.22. The van der Waals surface area contributed by atoms with E-state index in [2.05, 4.69) is 9.97 Å². The molecular formula is C12H6ClFN2OS. The van der Waals surface area contributed by atoms with E-state index in [1.807, 2.05) is 0 Å². The van der Waals surface area contributed by atoms with Crippen molar-refractivity contribution in [3.8, 4) is 10.4 Å². The Morgan fingerprint density at radius 2 is 2.22 bits per heavy atom. The molecule has 18 heavy (non-hydrogen) atoms. The summed E-state index contributed by atoms with van der Waals surface area (Å²) in [5.41, 5.74) is 0.710. The highest BCUT2D eigenvalue weighted by atomic mass is 35.5. The highest BCUT2D eigenvalue weighted by Crippen LogP contribution is 2.34. The molecule has 0 unspecified atom stereocenters. The van der Waals surface area contributed by atoms with Crippen molar-refractivity contribution < 1.29 is 4.39 Å². The maximum absolute atomic E-state index is 13.9. The lowest BCUT2D eigenvalue weighted by atomic mass is 10.2. The first-order valence-electron chi connectivity index (χ1n) is 5.08. The second kappa shape index (κ2) is 4.19. The Balaban J connectivity index is 2.29. The number of aromatic amines is 1. The molecule has 0 saturated heterocycles. The molecular weight excluding hydrogens is 275 g/mol. The second-order valence-corrected chi connectivity index (χ2v) is 5.12. The zero-order valence-electron chi connectivity index (χ0n) is 8.91. The van der Waals surface area contributed by atoms with Gasteiger partial charge >= 0.3 is 0 Å². The summed E-state index contributed by atoms with van der Waals surface area (Å²) in [5, 5.41) is 0.0619. The molecule has 0 amide bonds. The van der Waals surface area contributed by atoms with Gasteiger partial charge in [-0.3, -0.25) is 4.79 Å². The molecule has 3 rings (SSSR count). The lowest BCUT2D eigenvalue weighted by Crippen LogP contribution is -2.02. The molecule has 0 radical (unpaired) electrons. The van der Waals surface area contributed by atoms with Crippen LogP contribution >= 0.6 is 22.9 Å². The van der Waals surface area contributed by atoms with Gasteiger partial charge in [-0.15, -0.1) is 11.3 Å². The summed E-state index contributed by atoms with van der Waals surface area (Å²) >= 11 is 6.93. The number of hydrogen-bond acceptors (Lipinski definition) is 3. The molecule has 0 aliphatic carbocycles. The number of halogens is 2. The quantitative estimate of drug-likeness (QED) is 0.742. The van der Waals surface area contributed by atoms with Crippen molar-refractivity contribution in [2.24, 2.45) is 0 Å². The molecule has 0 spiro atoms. The van der Waals surface area contributed by atoms with E-state index >= 15 is 0 Å². The van der Waals surface area contributed by atoms with Crippen LogP contribution in [0.3, 0.4) is 0 Å². The van der Waals surface area contributed by atoms with Gasteiger partial charge in [-0.25, -0.2) is 9.37 Å². The maximum atomic E-state index is 13.9. The minimum atomic E-state index is -0.484. The maximum Gasteiger partial charge on any atom is 0.268 e. The van der Waals surface area contributed by atoms with Gasteiger partial charge in [-0.1, -0.05) is 23.7 Å². The van der Waals surface area contributed by atoms with Crippen LogP contribution in [-0.4, -0.2) is 9.97 Å². The van der Waals surface area contributed by atoms with Gasteiger partial charge in [0.1, 0.15) is 10.5 Å². The van der Waals surface area contributed by atoms with Gasteiger partial charge in [0.15, 0.2) is 0 Å². The number of benzene rings is 1. The third kappa shape index (κ3) is 1.72. The molecule has 1 aromatic carbocycles. The number of nitrogens with one attached hydrogen (secondary N) is 1.